The van der Waals surface area contributed by atoms with Gasteiger partial charge in [-0.1, -0.05) is 23.7 Å². The molecule has 1 aromatic carbocycles. The molecule has 0 bridgehead atoms. The van der Waals surface area contributed by atoms with E-state index in [2.05, 4.69) is 17.0 Å². The summed E-state index contributed by atoms with van der Waals surface area (Å²) in [5.74, 6) is 1.49. The van der Waals surface area contributed by atoms with Gasteiger partial charge in [-0.3, -0.25) is 0 Å². The Labute approximate surface area is 114 Å². The van der Waals surface area contributed by atoms with Crippen molar-refractivity contribution in [1.29, 1.82) is 0 Å². The average molecular weight is 265 g/mol. The number of nitrogens with zero attached hydrogens (tertiary/aromatic N) is 1. The Hall–Kier alpha value is -0.570. The number of hydrogen-bond donors (Lipinski definition) is 1. The zero-order valence-electron chi connectivity index (χ0n) is 10.7. The molecule has 0 spiro atoms. The van der Waals surface area contributed by atoms with Crippen LogP contribution in [0.15, 0.2) is 24.3 Å². The summed E-state index contributed by atoms with van der Waals surface area (Å²) in [5, 5.41) is 0.834. The van der Waals surface area contributed by atoms with Gasteiger partial charge in [0.2, 0.25) is 0 Å². The Balaban J connectivity index is 1.70. The second-order valence-electron chi connectivity index (χ2n) is 5.91. The zero-order valence-corrected chi connectivity index (χ0v) is 11.4. The van der Waals surface area contributed by atoms with Crippen molar-refractivity contribution < 1.29 is 0 Å². The lowest BCUT2D eigenvalue weighted by Gasteiger charge is -2.36. The van der Waals surface area contributed by atoms with Gasteiger partial charge in [0.05, 0.1) is 0 Å². The molecule has 3 heteroatoms. The predicted octanol–water partition coefficient (Wildman–Crippen LogP) is 2.87. The van der Waals surface area contributed by atoms with Crippen LogP contribution in [0.4, 0.5) is 0 Å². The molecule has 1 heterocycles. The summed E-state index contributed by atoms with van der Waals surface area (Å²) in [6.07, 6.45) is 3.91. The summed E-state index contributed by atoms with van der Waals surface area (Å²) in [6, 6.07) is 8.57. The van der Waals surface area contributed by atoms with E-state index in [1.54, 1.807) is 0 Å². The van der Waals surface area contributed by atoms with Crippen LogP contribution >= 0.6 is 11.6 Å². The van der Waals surface area contributed by atoms with Gasteiger partial charge in [-0.05, 0) is 48.8 Å². The highest BCUT2D eigenvalue weighted by Gasteiger charge is 2.30. The smallest absolute Gasteiger partial charge is 0.0408 e. The summed E-state index contributed by atoms with van der Waals surface area (Å²) in [6.45, 7) is 3.45. The van der Waals surface area contributed by atoms with E-state index in [1.807, 2.05) is 12.1 Å². The van der Waals surface area contributed by atoms with E-state index in [4.69, 9.17) is 17.3 Å². The Bertz CT molecular complexity index is 415. The van der Waals surface area contributed by atoms with Crippen molar-refractivity contribution in [2.24, 2.45) is 11.7 Å². The third-order valence-corrected chi connectivity index (χ3v) is 4.33. The van der Waals surface area contributed by atoms with Gasteiger partial charge in [0.15, 0.2) is 0 Å². The molecular weight excluding hydrogens is 244 g/mol. The van der Waals surface area contributed by atoms with E-state index >= 15 is 0 Å². The molecule has 0 radical (unpaired) electrons. The van der Waals surface area contributed by atoms with E-state index in [9.17, 15) is 0 Å². The first-order valence-corrected chi connectivity index (χ1v) is 7.32. The molecule has 1 saturated carbocycles. The van der Waals surface area contributed by atoms with Crippen LogP contribution in [0.2, 0.25) is 5.02 Å². The summed E-state index contributed by atoms with van der Waals surface area (Å²) >= 11 is 6.09. The van der Waals surface area contributed by atoms with Gasteiger partial charge in [0.1, 0.15) is 0 Å². The first kappa shape index (κ1) is 12.5. The summed E-state index contributed by atoms with van der Waals surface area (Å²) in [7, 11) is 0. The standard InChI is InChI=1S/C15H21ClN2/c16-14-3-1-2-12(6-14)13-7-15(17)10-18(9-13)8-11-4-5-11/h1-3,6,11,13,15H,4-5,7-10,17H2. The van der Waals surface area contributed by atoms with E-state index in [0.29, 0.717) is 12.0 Å². The summed E-state index contributed by atoms with van der Waals surface area (Å²) < 4.78 is 0. The Kier molecular flexibility index (Phi) is 3.60. The Morgan fingerprint density at radius 3 is 2.83 bits per heavy atom. The van der Waals surface area contributed by atoms with Crippen molar-refractivity contribution in [3.8, 4) is 0 Å². The molecule has 2 unspecified atom stereocenters. The summed E-state index contributed by atoms with van der Waals surface area (Å²) in [5.41, 5.74) is 7.56. The molecule has 2 aliphatic rings. The van der Waals surface area contributed by atoms with Gasteiger partial charge in [-0.15, -0.1) is 0 Å². The molecular formula is C15H21ClN2. The predicted molar refractivity (Wildman–Crippen MR) is 75.9 cm³/mol. The van der Waals surface area contributed by atoms with Crippen molar-refractivity contribution >= 4 is 11.6 Å². The molecule has 0 amide bonds. The minimum atomic E-state index is 0.307. The van der Waals surface area contributed by atoms with Crippen LogP contribution in [0, 0.1) is 5.92 Å². The van der Waals surface area contributed by atoms with Crippen molar-refractivity contribution in [1.82, 2.24) is 4.90 Å². The van der Waals surface area contributed by atoms with Gasteiger partial charge in [0.25, 0.3) is 0 Å². The van der Waals surface area contributed by atoms with Crippen LogP contribution in [-0.4, -0.2) is 30.6 Å². The van der Waals surface area contributed by atoms with Crippen LogP contribution < -0.4 is 5.73 Å². The van der Waals surface area contributed by atoms with Crippen molar-refractivity contribution in [3.63, 3.8) is 0 Å². The van der Waals surface area contributed by atoms with E-state index in [0.717, 1.165) is 30.5 Å². The van der Waals surface area contributed by atoms with Crippen LogP contribution in [-0.2, 0) is 0 Å². The van der Waals surface area contributed by atoms with Crippen LogP contribution in [0.5, 0.6) is 0 Å². The molecule has 2 N–H and O–H groups in total. The molecule has 0 aromatic heterocycles. The minimum absolute atomic E-state index is 0.307. The molecule has 2 atom stereocenters. The zero-order chi connectivity index (χ0) is 12.5. The lowest BCUT2D eigenvalue weighted by Crippen LogP contribution is -2.46. The molecule has 1 aromatic rings. The molecule has 2 fully saturated rings. The fourth-order valence-electron chi connectivity index (χ4n) is 3.05. The van der Waals surface area contributed by atoms with Crippen LogP contribution in [0.1, 0.15) is 30.7 Å². The number of halogens is 1. The monoisotopic (exact) mass is 264 g/mol. The second-order valence-corrected chi connectivity index (χ2v) is 6.35. The highest BCUT2D eigenvalue weighted by Crippen LogP contribution is 2.33. The van der Waals surface area contributed by atoms with Gasteiger partial charge >= 0.3 is 0 Å². The normalized spacial score (nSPS) is 29.4. The maximum atomic E-state index is 6.21. The molecule has 1 aliphatic carbocycles. The molecule has 2 nitrogen and oxygen atoms in total. The van der Waals surface area contributed by atoms with E-state index in [-0.39, 0.29) is 0 Å². The first-order chi connectivity index (χ1) is 8.70. The largest absolute Gasteiger partial charge is 0.327 e. The lowest BCUT2D eigenvalue weighted by atomic mass is 9.88. The summed E-state index contributed by atoms with van der Waals surface area (Å²) in [4.78, 5) is 2.55. The molecule has 18 heavy (non-hydrogen) atoms. The van der Waals surface area contributed by atoms with Gasteiger partial charge in [-0.25, -0.2) is 0 Å². The third-order valence-electron chi connectivity index (χ3n) is 4.09. The maximum absolute atomic E-state index is 6.21. The van der Waals surface area contributed by atoms with E-state index < -0.39 is 0 Å². The number of nitrogens with two attached hydrogens (primary N) is 1. The van der Waals surface area contributed by atoms with Crippen molar-refractivity contribution in [2.45, 2.75) is 31.2 Å². The lowest BCUT2D eigenvalue weighted by molar-refractivity contribution is 0.182. The van der Waals surface area contributed by atoms with Crippen molar-refractivity contribution in [2.75, 3.05) is 19.6 Å². The van der Waals surface area contributed by atoms with Crippen LogP contribution in [0.25, 0.3) is 0 Å². The molecule has 98 valence electrons. The van der Waals surface area contributed by atoms with Gasteiger partial charge < -0.3 is 10.6 Å². The Morgan fingerprint density at radius 1 is 1.28 bits per heavy atom. The fraction of sp³-hybridized carbons (Fsp3) is 0.600. The SMILES string of the molecule is NC1CC(c2cccc(Cl)c2)CN(CC2CC2)C1. The fourth-order valence-corrected chi connectivity index (χ4v) is 3.25. The van der Waals surface area contributed by atoms with Crippen molar-refractivity contribution in [3.05, 3.63) is 34.9 Å². The molecule has 3 rings (SSSR count). The maximum Gasteiger partial charge on any atom is 0.0408 e. The number of piperidine rings is 1. The first-order valence-electron chi connectivity index (χ1n) is 6.94. The average Bonchev–Trinajstić information content (AvgIpc) is 3.12. The molecule has 1 saturated heterocycles. The van der Waals surface area contributed by atoms with Crippen LogP contribution in [0.3, 0.4) is 0 Å². The number of hydrogen-bond acceptors (Lipinski definition) is 2. The topological polar surface area (TPSA) is 29.3 Å². The highest BCUT2D eigenvalue weighted by molar-refractivity contribution is 6.30. The quantitative estimate of drug-likeness (QED) is 0.910. The number of likely N-dealkylation sites (tertiary alicyclic amines) is 1. The minimum Gasteiger partial charge on any atom is -0.327 e. The number of benzene rings is 1. The van der Waals surface area contributed by atoms with Gasteiger partial charge in [0, 0.05) is 30.7 Å². The second kappa shape index (κ2) is 5.20. The van der Waals surface area contributed by atoms with Gasteiger partial charge in [-0.2, -0.15) is 0 Å². The third kappa shape index (κ3) is 3.05. The Morgan fingerprint density at radius 2 is 2.11 bits per heavy atom. The molecule has 1 aliphatic heterocycles. The van der Waals surface area contributed by atoms with E-state index in [1.165, 1.54) is 24.9 Å². The highest BCUT2D eigenvalue weighted by atomic mass is 35.5. The number of rotatable bonds is 3.